The van der Waals surface area contributed by atoms with Crippen LogP contribution in [-0.4, -0.2) is 49.6 Å². The number of likely N-dealkylation sites (tertiary alicyclic amines) is 1. The summed E-state index contributed by atoms with van der Waals surface area (Å²) < 4.78 is 9.69. The highest BCUT2D eigenvalue weighted by Crippen LogP contribution is 2.20. The van der Waals surface area contributed by atoms with Crippen LogP contribution in [0.4, 0.5) is 0 Å². The van der Waals surface area contributed by atoms with Gasteiger partial charge >= 0.3 is 11.9 Å². The summed E-state index contributed by atoms with van der Waals surface area (Å²) >= 11 is 0. The zero-order chi connectivity index (χ0) is 16.8. The van der Waals surface area contributed by atoms with Gasteiger partial charge in [-0.25, -0.2) is 4.79 Å². The highest BCUT2D eigenvalue weighted by atomic mass is 16.5. The fourth-order valence-electron chi connectivity index (χ4n) is 2.66. The molecule has 2 rings (SSSR count). The molecule has 0 unspecified atom stereocenters. The summed E-state index contributed by atoms with van der Waals surface area (Å²) in [5.74, 6) is -0.938. The van der Waals surface area contributed by atoms with Gasteiger partial charge in [0.05, 0.1) is 25.2 Å². The van der Waals surface area contributed by atoms with Crippen molar-refractivity contribution in [3.8, 4) is 0 Å². The third-order valence-electron chi connectivity index (χ3n) is 3.93. The molecule has 1 aliphatic heterocycles. The monoisotopic (exact) mass is 319 g/mol. The van der Waals surface area contributed by atoms with Crippen LogP contribution in [0.2, 0.25) is 0 Å². The van der Waals surface area contributed by atoms with Crippen molar-refractivity contribution in [3.05, 3.63) is 35.4 Å². The number of carbonyl (C=O) groups excluding carboxylic acids is 3. The summed E-state index contributed by atoms with van der Waals surface area (Å²) in [6, 6.07) is 6.47. The molecule has 1 aromatic rings. The molecular weight excluding hydrogens is 298 g/mol. The molecule has 23 heavy (non-hydrogen) atoms. The molecule has 6 heteroatoms. The minimum atomic E-state index is -0.472. The van der Waals surface area contributed by atoms with Crippen LogP contribution >= 0.6 is 0 Å². The lowest BCUT2D eigenvalue weighted by atomic mass is 9.96. The van der Waals surface area contributed by atoms with Gasteiger partial charge in [0, 0.05) is 18.7 Å². The van der Waals surface area contributed by atoms with Gasteiger partial charge in [-0.15, -0.1) is 0 Å². The summed E-state index contributed by atoms with van der Waals surface area (Å²) in [6.07, 6.45) is 1.20. The number of amides is 1. The van der Waals surface area contributed by atoms with E-state index < -0.39 is 5.97 Å². The van der Waals surface area contributed by atoms with E-state index in [2.05, 4.69) is 4.74 Å². The molecule has 0 atom stereocenters. The number of benzene rings is 1. The molecule has 0 saturated carbocycles. The van der Waals surface area contributed by atoms with E-state index in [9.17, 15) is 14.4 Å². The average Bonchev–Trinajstić information content (AvgIpc) is 2.60. The molecule has 0 bridgehead atoms. The Morgan fingerprint density at radius 1 is 1.17 bits per heavy atom. The van der Waals surface area contributed by atoms with E-state index in [-0.39, 0.29) is 17.8 Å². The molecule has 1 heterocycles. The number of rotatable bonds is 4. The Hall–Kier alpha value is -2.37. The van der Waals surface area contributed by atoms with Crippen LogP contribution in [0.15, 0.2) is 24.3 Å². The predicted molar refractivity (Wildman–Crippen MR) is 83.0 cm³/mol. The highest BCUT2D eigenvalue weighted by molar-refractivity contribution is 5.98. The maximum absolute atomic E-state index is 12.5. The normalized spacial score (nSPS) is 15.1. The highest BCUT2D eigenvalue weighted by Gasteiger charge is 2.28. The molecule has 124 valence electrons. The number of hydrogen-bond donors (Lipinski definition) is 0. The van der Waals surface area contributed by atoms with Gasteiger partial charge < -0.3 is 14.4 Å². The summed E-state index contributed by atoms with van der Waals surface area (Å²) in [4.78, 5) is 37.5. The van der Waals surface area contributed by atoms with E-state index in [4.69, 9.17) is 4.74 Å². The van der Waals surface area contributed by atoms with Gasteiger partial charge in [0.15, 0.2) is 0 Å². The minimum Gasteiger partial charge on any atom is -0.466 e. The Labute approximate surface area is 135 Å². The van der Waals surface area contributed by atoms with Crippen LogP contribution in [-0.2, 0) is 14.3 Å². The number of piperidine rings is 1. The molecule has 1 fully saturated rings. The SMILES string of the molecule is CCOC(=O)C1CCN(C(=O)c2cccc(C(=O)OC)c2)CC1. The maximum atomic E-state index is 12.5. The number of nitrogens with zero attached hydrogens (tertiary/aromatic N) is 1. The van der Waals surface area contributed by atoms with Crippen molar-refractivity contribution in [1.29, 1.82) is 0 Å². The molecule has 1 saturated heterocycles. The van der Waals surface area contributed by atoms with Gasteiger partial charge in [0.2, 0.25) is 0 Å². The first-order valence-corrected chi connectivity index (χ1v) is 7.71. The van der Waals surface area contributed by atoms with Crippen molar-refractivity contribution in [2.45, 2.75) is 19.8 Å². The largest absolute Gasteiger partial charge is 0.466 e. The van der Waals surface area contributed by atoms with Gasteiger partial charge in [-0.05, 0) is 38.0 Å². The molecule has 6 nitrogen and oxygen atoms in total. The van der Waals surface area contributed by atoms with E-state index >= 15 is 0 Å². The molecule has 0 N–H and O–H groups in total. The second kappa shape index (κ2) is 7.76. The van der Waals surface area contributed by atoms with Crippen LogP contribution in [0.25, 0.3) is 0 Å². The van der Waals surface area contributed by atoms with Crippen LogP contribution in [0.1, 0.15) is 40.5 Å². The molecule has 0 aliphatic carbocycles. The predicted octanol–water partition coefficient (Wildman–Crippen LogP) is 1.89. The minimum absolute atomic E-state index is 0.139. The third kappa shape index (κ3) is 4.09. The van der Waals surface area contributed by atoms with Crippen LogP contribution in [0.3, 0.4) is 0 Å². The van der Waals surface area contributed by atoms with Crippen molar-refractivity contribution >= 4 is 17.8 Å². The van der Waals surface area contributed by atoms with Gasteiger partial charge in [0.25, 0.3) is 5.91 Å². The first-order chi connectivity index (χ1) is 11.1. The lowest BCUT2D eigenvalue weighted by Crippen LogP contribution is -2.40. The average molecular weight is 319 g/mol. The van der Waals surface area contributed by atoms with E-state index in [1.807, 2.05) is 0 Å². The summed E-state index contributed by atoms with van der Waals surface area (Å²) in [6.45, 7) is 3.17. The van der Waals surface area contributed by atoms with Crippen LogP contribution in [0, 0.1) is 5.92 Å². The smallest absolute Gasteiger partial charge is 0.337 e. The molecule has 0 spiro atoms. The molecule has 1 aliphatic rings. The lowest BCUT2D eigenvalue weighted by molar-refractivity contribution is -0.149. The Morgan fingerprint density at radius 2 is 1.83 bits per heavy atom. The summed E-state index contributed by atoms with van der Waals surface area (Å²) in [5.41, 5.74) is 0.794. The Bertz CT molecular complexity index is 590. The zero-order valence-corrected chi connectivity index (χ0v) is 13.4. The van der Waals surface area contributed by atoms with Crippen LogP contribution < -0.4 is 0 Å². The van der Waals surface area contributed by atoms with Crippen molar-refractivity contribution in [3.63, 3.8) is 0 Å². The Kier molecular flexibility index (Phi) is 5.73. The van der Waals surface area contributed by atoms with E-state index in [0.717, 1.165) is 0 Å². The van der Waals surface area contributed by atoms with Crippen molar-refractivity contribution in [2.24, 2.45) is 5.92 Å². The number of carbonyl (C=O) groups is 3. The fraction of sp³-hybridized carbons (Fsp3) is 0.471. The Morgan fingerprint density at radius 3 is 2.43 bits per heavy atom. The van der Waals surface area contributed by atoms with E-state index in [1.165, 1.54) is 13.2 Å². The topological polar surface area (TPSA) is 72.9 Å². The number of methoxy groups -OCH3 is 1. The first kappa shape index (κ1) is 17.0. The third-order valence-corrected chi connectivity index (χ3v) is 3.93. The molecular formula is C17H21NO5. The summed E-state index contributed by atoms with van der Waals surface area (Å²) in [7, 11) is 1.30. The molecule has 1 amide bonds. The molecule has 0 radical (unpaired) electrons. The number of esters is 2. The number of ether oxygens (including phenoxy) is 2. The van der Waals surface area contributed by atoms with Gasteiger partial charge in [-0.1, -0.05) is 6.07 Å². The molecule has 0 aromatic heterocycles. The number of hydrogen-bond acceptors (Lipinski definition) is 5. The van der Waals surface area contributed by atoms with E-state index in [1.54, 1.807) is 30.0 Å². The standard InChI is InChI=1S/C17H21NO5/c1-3-23-17(21)12-7-9-18(10-8-12)15(19)13-5-4-6-14(11-13)16(20)22-2/h4-6,11-12H,3,7-10H2,1-2H3. The first-order valence-electron chi connectivity index (χ1n) is 7.71. The van der Waals surface area contributed by atoms with E-state index in [0.29, 0.717) is 43.7 Å². The Balaban J connectivity index is 2.00. The fourth-order valence-corrected chi connectivity index (χ4v) is 2.66. The second-order valence-electron chi connectivity index (χ2n) is 5.39. The van der Waals surface area contributed by atoms with Crippen LogP contribution in [0.5, 0.6) is 0 Å². The summed E-state index contributed by atoms with van der Waals surface area (Å²) in [5, 5.41) is 0. The quantitative estimate of drug-likeness (QED) is 0.792. The maximum Gasteiger partial charge on any atom is 0.337 e. The van der Waals surface area contributed by atoms with Gasteiger partial charge in [-0.3, -0.25) is 9.59 Å². The lowest BCUT2D eigenvalue weighted by Gasteiger charge is -2.31. The van der Waals surface area contributed by atoms with Gasteiger partial charge in [-0.2, -0.15) is 0 Å². The zero-order valence-electron chi connectivity index (χ0n) is 13.4. The van der Waals surface area contributed by atoms with Gasteiger partial charge in [0.1, 0.15) is 0 Å². The van der Waals surface area contributed by atoms with Crippen molar-refractivity contribution < 1.29 is 23.9 Å². The van der Waals surface area contributed by atoms with Crippen molar-refractivity contribution in [1.82, 2.24) is 4.90 Å². The van der Waals surface area contributed by atoms with Crippen molar-refractivity contribution in [2.75, 3.05) is 26.8 Å². The molecule has 1 aromatic carbocycles. The second-order valence-corrected chi connectivity index (χ2v) is 5.39.